The minimum absolute atomic E-state index is 0.451. The van der Waals surface area contributed by atoms with Crippen LogP contribution in [0.5, 0.6) is 5.75 Å². The molecule has 0 bridgehead atoms. The van der Waals surface area contributed by atoms with E-state index in [1.54, 1.807) is 13.3 Å². The number of aliphatic hydroxyl groups is 2. The Kier molecular flexibility index (Phi) is 5.02. The number of fused-ring (bicyclic) bond motifs is 1. The van der Waals surface area contributed by atoms with Crippen molar-refractivity contribution in [3.8, 4) is 5.75 Å². The van der Waals surface area contributed by atoms with Gasteiger partial charge in [-0.05, 0) is 30.2 Å². The molecule has 1 saturated heterocycles. The van der Waals surface area contributed by atoms with E-state index in [9.17, 15) is 10.2 Å². The molecule has 1 aromatic carbocycles. The molecule has 6 heteroatoms. The number of ether oxygens (including phenoxy) is 1. The van der Waals surface area contributed by atoms with Gasteiger partial charge in [-0.2, -0.15) is 0 Å². The van der Waals surface area contributed by atoms with Crippen LogP contribution in [0.4, 0.5) is 0 Å². The Labute approximate surface area is 140 Å². The zero-order valence-electron chi connectivity index (χ0n) is 13.1. The number of β-amino-alcohol motifs (C(OH)–C–C–N with tert-alkyl or cyclic N) is 2. The van der Waals surface area contributed by atoms with E-state index in [0.717, 1.165) is 35.2 Å². The van der Waals surface area contributed by atoms with E-state index in [4.69, 9.17) is 16.3 Å². The number of aliphatic hydroxyl groups excluding tert-OH is 2. The molecule has 0 amide bonds. The van der Waals surface area contributed by atoms with Crippen molar-refractivity contribution in [2.24, 2.45) is 0 Å². The summed E-state index contributed by atoms with van der Waals surface area (Å²) in [5.74, 6) is 0.770. The first-order valence-electron chi connectivity index (χ1n) is 7.76. The van der Waals surface area contributed by atoms with Gasteiger partial charge in [-0.1, -0.05) is 11.6 Å². The quantitative estimate of drug-likeness (QED) is 0.892. The molecule has 0 saturated carbocycles. The molecule has 1 aliphatic heterocycles. The van der Waals surface area contributed by atoms with E-state index in [1.807, 2.05) is 18.2 Å². The van der Waals surface area contributed by atoms with Crippen LogP contribution < -0.4 is 4.74 Å². The summed E-state index contributed by atoms with van der Waals surface area (Å²) < 4.78 is 5.29. The highest BCUT2D eigenvalue weighted by atomic mass is 35.5. The molecular formula is C17H21ClN2O3. The third kappa shape index (κ3) is 3.75. The summed E-state index contributed by atoms with van der Waals surface area (Å²) in [4.78, 5) is 6.43. The lowest BCUT2D eigenvalue weighted by Crippen LogP contribution is -2.46. The van der Waals surface area contributed by atoms with Crippen LogP contribution in [-0.4, -0.2) is 59.0 Å². The van der Waals surface area contributed by atoms with Gasteiger partial charge in [0.2, 0.25) is 0 Å². The van der Waals surface area contributed by atoms with Crippen LogP contribution in [0.15, 0.2) is 24.4 Å². The van der Waals surface area contributed by atoms with Gasteiger partial charge in [0.1, 0.15) is 5.75 Å². The molecule has 0 aliphatic carbocycles. The molecule has 124 valence electrons. The Bertz CT molecular complexity index is 685. The number of aromatic nitrogens is 1. The van der Waals surface area contributed by atoms with Crippen molar-refractivity contribution in [1.29, 1.82) is 0 Å². The lowest BCUT2D eigenvalue weighted by atomic mass is 10.0. The lowest BCUT2D eigenvalue weighted by molar-refractivity contribution is -0.00741. The normalized spacial score (nSPS) is 22.4. The van der Waals surface area contributed by atoms with Crippen LogP contribution in [0.1, 0.15) is 12.0 Å². The predicted molar refractivity (Wildman–Crippen MR) is 90.1 cm³/mol. The average Bonchev–Trinajstić information content (AvgIpc) is 2.52. The van der Waals surface area contributed by atoms with Crippen molar-refractivity contribution in [3.05, 3.63) is 35.0 Å². The molecule has 0 radical (unpaired) electrons. The van der Waals surface area contributed by atoms with E-state index < -0.39 is 12.2 Å². The highest BCUT2D eigenvalue weighted by Gasteiger charge is 2.24. The third-order valence-corrected chi connectivity index (χ3v) is 4.62. The molecular weight excluding hydrogens is 316 g/mol. The Morgan fingerprint density at radius 3 is 2.74 bits per heavy atom. The molecule has 2 heterocycles. The van der Waals surface area contributed by atoms with Gasteiger partial charge in [0, 0.05) is 37.6 Å². The molecule has 1 aromatic heterocycles. The molecule has 1 fully saturated rings. The fourth-order valence-corrected chi connectivity index (χ4v) is 3.41. The Balaban J connectivity index is 1.82. The lowest BCUT2D eigenvalue weighted by Gasteiger charge is -2.33. The number of rotatable bonds is 4. The molecule has 2 N–H and O–H groups in total. The van der Waals surface area contributed by atoms with Gasteiger partial charge < -0.3 is 14.9 Å². The number of nitrogens with zero attached hydrogens (tertiary/aromatic N) is 2. The van der Waals surface area contributed by atoms with Gasteiger partial charge in [0.25, 0.3) is 0 Å². The maximum Gasteiger partial charge on any atom is 0.119 e. The summed E-state index contributed by atoms with van der Waals surface area (Å²) in [7, 11) is 1.63. The fraction of sp³-hybridized carbons (Fsp3) is 0.471. The average molecular weight is 337 g/mol. The van der Waals surface area contributed by atoms with Crippen molar-refractivity contribution in [2.45, 2.75) is 25.0 Å². The van der Waals surface area contributed by atoms with E-state index in [1.165, 1.54) is 0 Å². The SMILES string of the molecule is COc1ccc2ncc(Cl)c(CCN3CC(O)CC(O)C3)c2c1. The molecule has 2 aromatic rings. The third-order valence-electron chi connectivity index (χ3n) is 4.29. The number of hydrogen-bond acceptors (Lipinski definition) is 5. The van der Waals surface area contributed by atoms with Crippen molar-refractivity contribution < 1.29 is 14.9 Å². The second-order valence-corrected chi connectivity index (χ2v) is 6.43. The molecule has 23 heavy (non-hydrogen) atoms. The summed E-state index contributed by atoms with van der Waals surface area (Å²) in [6, 6.07) is 5.75. The number of benzene rings is 1. The molecule has 0 spiro atoms. The van der Waals surface area contributed by atoms with Crippen molar-refractivity contribution in [2.75, 3.05) is 26.7 Å². The van der Waals surface area contributed by atoms with Crippen LogP contribution in [0.25, 0.3) is 10.9 Å². The van der Waals surface area contributed by atoms with Crippen LogP contribution in [0, 0.1) is 0 Å². The number of pyridine rings is 1. The molecule has 2 atom stereocenters. The van der Waals surface area contributed by atoms with Crippen LogP contribution in [0.2, 0.25) is 5.02 Å². The molecule has 5 nitrogen and oxygen atoms in total. The van der Waals surface area contributed by atoms with Gasteiger partial charge in [0.05, 0.1) is 29.9 Å². The van der Waals surface area contributed by atoms with Gasteiger partial charge >= 0.3 is 0 Å². The number of likely N-dealkylation sites (tertiary alicyclic amines) is 1. The largest absolute Gasteiger partial charge is 0.497 e. The van der Waals surface area contributed by atoms with Crippen LogP contribution >= 0.6 is 11.6 Å². The van der Waals surface area contributed by atoms with Crippen LogP contribution in [0.3, 0.4) is 0 Å². The summed E-state index contributed by atoms with van der Waals surface area (Å²) in [6.07, 6.45) is 1.91. The monoisotopic (exact) mass is 336 g/mol. The maximum absolute atomic E-state index is 9.79. The van der Waals surface area contributed by atoms with Gasteiger partial charge in [-0.3, -0.25) is 9.88 Å². The summed E-state index contributed by atoms with van der Waals surface area (Å²) in [6.45, 7) is 1.90. The Hall–Kier alpha value is -1.40. The van der Waals surface area contributed by atoms with E-state index in [-0.39, 0.29) is 0 Å². The molecule has 1 aliphatic rings. The van der Waals surface area contributed by atoms with Crippen LogP contribution in [-0.2, 0) is 6.42 Å². The summed E-state index contributed by atoms with van der Waals surface area (Å²) in [5, 5.41) is 21.2. The first-order chi connectivity index (χ1) is 11.1. The van der Waals surface area contributed by atoms with Gasteiger partial charge in [-0.15, -0.1) is 0 Å². The van der Waals surface area contributed by atoms with Gasteiger partial charge in [0.15, 0.2) is 0 Å². The predicted octanol–water partition coefficient (Wildman–Crippen LogP) is 1.87. The summed E-state index contributed by atoms with van der Waals surface area (Å²) in [5.41, 5.74) is 1.90. The second kappa shape index (κ2) is 7.01. The fourth-order valence-electron chi connectivity index (χ4n) is 3.17. The zero-order valence-corrected chi connectivity index (χ0v) is 13.8. The number of halogens is 1. The van der Waals surface area contributed by atoms with Crippen molar-refractivity contribution in [1.82, 2.24) is 9.88 Å². The van der Waals surface area contributed by atoms with E-state index in [0.29, 0.717) is 24.5 Å². The molecule has 3 rings (SSSR count). The van der Waals surface area contributed by atoms with Gasteiger partial charge in [-0.25, -0.2) is 0 Å². The first kappa shape index (κ1) is 16.5. The standard InChI is InChI=1S/C17H21ClN2O3/c1-23-13-2-3-17-15(7-13)14(16(18)8-19-17)4-5-20-9-11(21)6-12(22)10-20/h2-3,7-8,11-12,21-22H,4-6,9-10H2,1H3. The maximum atomic E-state index is 9.79. The minimum atomic E-state index is -0.469. The summed E-state index contributed by atoms with van der Waals surface area (Å²) >= 11 is 6.35. The highest BCUT2D eigenvalue weighted by molar-refractivity contribution is 6.32. The van der Waals surface area contributed by atoms with E-state index in [2.05, 4.69) is 9.88 Å². The van der Waals surface area contributed by atoms with Crippen molar-refractivity contribution >= 4 is 22.5 Å². The smallest absolute Gasteiger partial charge is 0.119 e. The number of piperidine rings is 1. The molecule has 2 unspecified atom stereocenters. The van der Waals surface area contributed by atoms with E-state index >= 15 is 0 Å². The first-order valence-corrected chi connectivity index (χ1v) is 8.14. The second-order valence-electron chi connectivity index (χ2n) is 6.02. The Morgan fingerprint density at radius 2 is 2.04 bits per heavy atom. The highest BCUT2D eigenvalue weighted by Crippen LogP contribution is 2.28. The topological polar surface area (TPSA) is 65.8 Å². The minimum Gasteiger partial charge on any atom is -0.497 e. The van der Waals surface area contributed by atoms with Crippen molar-refractivity contribution in [3.63, 3.8) is 0 Å². The number of hydrogen-bond donors (Lipinski definition) is 2. The Morgan fingerprint density at radius 1 is 1.30 bits per heavy atom. The number of methoxy groups -OCH3 is 1. The zero-order chi connectivity index (χ0) is 16.4.